The maximum Gasteiger partial charge on any atom is 0.321 e. The number of amides is 1. The van der Waals surface area contributed by atoms with Crippen LogP contribution in [0.15, 0.2) is 64.8 Å². The van der Waals surface area contributed by atoms with Crippen molar-refractivity contribution in [3.05, 3.63) is 54.6 Å². The van der Waals surface area contributed by atoms with Gasteiger partial charge in [0.2, 0.25) is 5.91 Å². The van der Waals surface area contributed by atoms with E-state index in [2.05, 4.69) is 39.6 Å². The highest BCUT2D eigenvalue weighted by Crippen LogP contribution is 2.20. The first-order valence-electron chi connectivity index (χ1n) is 10.6. The Balaban J connectivity index is 1.81. The lowest BCUT2D eigenvalue weighted by atomic mass is 10.2. The Morgan fingerprint density at radius 2 is 1.58 bits per heavy atom. The SMILES string of the molecule is CCN(CC)CCCNC(CC(=O)Nc1ccc(N=Nc2ccccc2)cc1)C(=O)O. The maximum atomic E-state index is 12.3. The molecule has 1 amide bonds. The fourth-order valence-corrected chi connectivity index (χ4v) is 2.98. The minimum Gasteiger partial charge on any atom is -0.480 e. The summed E-state index contributed by atoms with van der Waals surface area (Å²) in [5.74, 6) is -1.39. The third-order valence-electron chi connectivity index (χ3n) is 4.81. The predicted molar refractivity (Wildman–Crippen MR) is 122 cm³/mol. The van der Waals surface area contributed by atoms with Crippen LogP contribution >= 0.6 is 0 Å². The number of hydrogen-bond acceptors (Lipinski definition) is 6. The van der Waals surface area contributed by atoms with E-state index >= 15 is 0 Å². The van der Waals surface area contributed by atoms with E-state index in [-0.39, 0.29) is 12.3 Å². The molecule has 8 nitrogen and oxygen atoms in total. The number of hydrogen-bond donors (Lipinski definition) is 3. The van der Waals surface area contributed by atoms with Gasteiger partial charge in [-0.25, -0.2) is 0 Å². The molecule has 1 atom stereocenters. The van der Waals surface area contributed by atoms with Crippen molar-refractivity contribution < 1.29 is 14.7 Å². The topological polar surface area (TPSA) is 106 Å². The molecule has 2 rings (SSSR count). The highest BCUT2D eigenvalue weighted by molar-refractivity contribution is 5.94. The van der Waals surface area contributed by atoms with E-state index in [0.29, 0.717) is 17.9 Å². The van der Waals surface area contributed by atoms with Gasteiger partial charge in [0.05, 0.1) is 17.8 Å². The Morgan fingerprint density at radius 1 is 0.968 bits per heavy atom. The van der Waals surface area contributed by atoms with Gasteiger partial charge in [0, 0.05) is 5.69 Å². The number of carbonyl (C=O) groups is 2. The maximum absolute atomic E-state index is 12.3. The van der Waals surface area contributed by atoms with Gasteiger partial charge in [0.25, 0.3) is 0 Å². The molecule has 166 valence electrons. The number of carbonyl (C=O) groups excluding carboxylic acids is 1. The first-order valence-corrected chi connectivity index (χ1v) is 10.6. The fourth-order valence-electron chi connectivity index (χ4n) is 2.98. The summed E-state index contributed by atoms with van der Waals surface area (Å²) in [5, 5.41) is 23.4. The normalized spacial score (nSPS) is 12.2. The first kappa shape index (κ1) is 24.2. The van der Waals surface area contributed by atoms with Crippen molar-refractivity contribution in [2.24, 2.45) is 10.2 Å². The highest BCUT2D eigenvalue weighted by Gasteiger charge is 2.20. The molecule has 3 N–H and O–H groups in total. The zero-order valence-corrected chi connectivity index (χ0v) is 18.1. The zero-order valence-electron chi connectivity index (χ0n) is 18.1. The van der Waals surface area contributed by atoms with Crippen LogP contribution in [0.25, 0.3) is 0 Å². The number of nitrogens with zero attached hydrogens (tertiary/aromatic N) is 3. The number of carboxylic acids is 1. The summed E-state index contributed by atoms with van der Waals surface area (Å²) in [6.07, 6.45) is 0.683. The van der Waals surface area contributed by atoms with Gasteiger partial charge < -0.3 is 20.6 Å². The lowest BCUT2D eigenvalue weighted by Gasteiger charge is -2.19. The van der Waals surface area contributed by atoms with Crippen LogP contribution in [0.3, 0.4) is 0 Å². The summed E-state index contributed by atoms with van der Waals surface area (Å²) >= 11 is 0. The van der Waals surface area contributed by atoms with Gasteiger partial charge >= 0.3 is 5.97 Å². The lowest BCUT2D eigenvalue weighted by molar-refractivity contribution is -0.141. The molecule has 0 aromatic heterocycles. The molecule has 31 heavy (non-hydrogen) atoms. The Bertz CT molecular complexity index is 836. The Labute approximate surface area is 183 Å². The van der Waals surface area contributed by atoms with Crippen molar-refractivity contribution in [1.29, 1.82) is 0 Å². The molecule has 0 fully saturated rings. The molecule has 0 aliphatic rings. The molecule has 0 heterocycles. The molecule has 0 bridgehead atoms. The van der Waals surface area contributed by atoms with Crippen molar-refractivity contribution in [3.8, 4) is 0 Å². The molecule has 0 radical (unpaired) electrons. The largest absolute Gasteiger partial charge is 0.480 e. The van der Waals surface area contributed by atoms with Crippen LogP contribution in [0, 0.1) is 0 Å². The van der Waals surface area contributed by atoms with Crippen LogP contribution < -0.4 is 10.6 Å². The quantitative estimate of drug-likeness (QED) is 0.329. The van der Waals surface area contributed by atoms with Gasteiger partial charge in [-0.1, -0.05) is 32.0 Å². The molecule has 8 heteroatoms. The fraction of sp³-hybridized carbons (Fsp3) is 0.391. The molecule has 0 aliphatic heterocycles. The van der Waals surface area contributed by atoms with Crippen molar-refractivity contribution in [1.82, 2.24) is 10.2 Å². The zero-order chi connectivity index (χ0) is 22.5. The van der Waals surface area contributed by atoms with Gasteiger partial charge in [-0.3, -0.25) is 9.59 Å². The molecular formula is C23H31N5O3. The van der Waals surface area contributed by atoms with Crippen LogP contribution in [-0.4, -0.2) is 54.1 Å². The first-order chi connectivity index (χ1) is 15.0. The van der Waals surface area contributed by atoms with Gasteiger partial charge in [0.1, 0.15) is 6.04 Å². The number of azo groups is 1. The third kappa shape index (κ3) is 9.06. The number of carboxylic acid groups (broad SMARTS) is 1. The van der Waals surface area contributed by atoms with Gasteiger partial charge in [0.15, 0.2) is 0 Å². The van der Waals surface area contributed by atoms with E-state index in [0.717, 1.165) is 31.7 Å². The number of rotatable bonds is 13. The van der Waals surface area contributed by atoms with Gasteiger partial charge in [-0.15, -0.1) is 0 Å². The van der Waals surface area contributed by atoms with E-state index in [9.17, 15) is 14.7 Å². The van der Waals surface area contributed by atoms with Crippen molar-refractivity contribution in [2.45, 2.75) is 32.7 Å². The summed E-state index contributed by atoms with van der Waals surface area (Å²) in [4.78, 5) is 26.0. The van der Waals surface area contributed by atoms with Crippen LogP contribution in [0.1, 0.15) is 26.7 Å². The van der Waals surface area contributed by atoms with E-state index in [1.165, 1.54) is 0 Å². The summed E-state index contributed by atoms with van der Waals surface area (Å²) in [6, 6.07) is 15.4. The second kappa shape index (κ2) is 13.3. The summed E-state index contributed by atoms with van der Waals surface area (Å²) in [5.41, 5.74) is 1.98. The average Bonchev–Trinajstić information content (AvgIpc) is 2.78. The number of nitrogens with one attached hydrogen (secondary N) is 2. The Kier molecular flexibility index (Phi) is 10.3. The summed E-state index contributed by atoms with van der Waals surface area (Å²) in [6.45, 7) is 7.57. The smallest absolute Gasteiger partial charge is 0.321 e. The third-order valence-corrected chi connectivity index (χ3v) is 4.81. The van der Waals surface area contributed by atoms with Crippen molar-refractivity contribution >= 4 is 28.9 Å². The average molecular weight is 426 g/mol. The van der Waals surface area contributed by atoms with Crippen LogP contribution in [0.4, 0.5) is 17.1 Å². The molecule has 0 spiro atoms. The summed E-state index contributed by atoms with van der Waals surface area (Å²) < 4.78 is 0. The van der Waals surface area contributed by atoms with Crippen molar-refractivity contribution in [3.63, 3.8) is 0 Å². The summed E-state index contributed by atoms with van der Waals surface area (Å²) in [7, 11) is 0. The van der Waals surface area contributed by atoms with E-state index in [1.54, 1.807) is 24.3 Å². The second-order valence-corrected chi connectivity index (χ2v) is 7.06. The number of aliphatic carboxylic acids is 1. The van der Waals surface area contributed by atoms with E-state index in [4.69, 9.17) is 0 Å². The lowest BCUT2D eigenvalue weighted by Crippen LogP contribution is -2.41. The van der Waals surface area contributed by atoms with E-state index in [1.807, 2.05) is 30.3 Å². The Morgan fingerprint density at radius 3 is 2.16 bits per heavy atom. The predicted octanol–water partition coefficient (Wildman–Crippen LogP) is 4.21. The minimum atomic E-state index is -1.03. The van der Waals surface area contributed by atoms with Gasteiger partial charge in [-0.2, -0.15) is 10.2 Å². The van der Waals surface area contributed by atoms with Gasteiger partial charge in [-0.05, 0) is 69.0 Å². The van der Waals surface area contributed by atoms with Crippen molar-refractivity contribution in [2.75, 3.05) is 31.5 Å². The second-order valence-electron chi connectivity index (χ2n) is 7.06. The number of benzene rings is 2. The van der Waals surface area contributed by atoms with Crippen LogP contribution in [-0.2, 0) is 9.59 Å². The molecule has 0 saturated heterocycles. The van der Waals surface area contributed by atoms with E-state index < -0.39 is 12.0 Å². The molecule has 2 aromatic rings. The molecule has 1 unspecified atom stereocenters. The Hall–Kier alpha value is -3.10. The van der Waals surface area contributed by atoms with Crippen LogP contribution in [0.5, 0.6) is 0 Å². The minimum absolute atomic E-state index is 0.143. The number of anilines is 1. The standard InChI is InChI=1S/C23H31N5O3/c1-3-28(4-2)16-8-15-24-21(23(30)31)17-22(29)25-18-11-13-20(14-12-18)27-26-19-9-6-5-7-10-19/h5-7,9-14,21,24H,3-4,8,15-17H2,1-2H3,(H,25,29)(H,30,31). The monoisotopic (exact) mass is 425 g/mol. The molecule has 0 saturated carbocycles. The molecule has 2 aromatic carbocycles. The molecular weight excluding hydrogens is 394 g/mol. The highest BCUT2D eigenvalue weighted by atomic mass is 16.4. The van der Waals surface area contributed by atoms with Crippen LogP contribution in [0.2, 0.25) is 0 Å². The molecule has 0 aliphatic carbocycles.